The van der Waals surface area contributed by atoms with Crippen LogP contribution in [0, 0.1) is 0 Å². The summed E-state index contributed by atoms with van der Waals surface area (Å²) in [5.74, 6) is 0.839. The molecule has 0 aliphatic heterocycles. The monoisotopic (exact) mass is 264 g/mol. The first kappa shape index (κ1) is 12.9. The second-order valence-corrected chi connectivity index (χ2v) is 4.74. The molecule has 1 aromatic carbocycles. The fourth-order valence-electron chi connectivity index (χ4n) is 1.83. The smallest absolute Gasteiger partial charge is 0.141 e. The predicted molar refractivity (Wildman–Crippen MR) is 75.9 cm³/mol. The summed E-state index contributed by atoms with van der Waals surface area (Å²) in [6, 6.07) is 8.18. The van der Waals surface area contributed by atoms with Gasteiger partial charge in [0.1, 0.15) is 11.0 Å². The van der Waals surface area contributed by atoms with Crippen LogP contribution in [0.3, 0.4) is 0 Å². The summed E-state index contributed by atoms with van der Waals surface area (Å²) >= 11 is 6.16. The first-order chi connectivity index (χ1) is 8.54. The van der Waals surface area contributed by atoms with Crippen LogP contribution in [0.1, 0.15) is 5.69 Å². The minimum atomic E-state index is 0.350. The molecular formula is C13H17ClN4. The quantitative estimate of drug-likeness (QED) is 0.925. The summed E-state index contributed by atoms with van der Waals surface area (Å²) in [5.41, 5.74) is 8.52. The van der Waals surface area contributed by atoms with Crippen LogP contribution in [0.15, 0.2) is 24.3 Å². The molecule has 0 spiro atoms. The third kappa shape index (κ3) is 2.21. The molecule has 0 aliphatic carbocycles. The molecule has 0 saturated heterocycles. The number of halogens is 1. The highest BCUT2D eigenvalue weighted by Crippen LogP contribution is 2.26. The molecule has 1 heterocycles. The zero-order chi connectivity index (χ0) is 13.3. The van der Waals surface area contributed by atoms with E-state index < -0.39 is 0 Å². The molecule has 2 rings (SSSR count). The van der Waals surface area contributed by atoms with Crippen molar-refractivity contribution in [3.8, 4) is 11.4 Å². The van der Waals surface area contributed by atoms with Crippen LogP contribution in [0.25, 0.3) is 11.4 Å². The van der Waals surface area contributed by atoms with Crippen LogP contribution in [0.5, 0.6) is 0 Å². The van der Waals surface area contributed by atoms with E-state index in [0.29, 0.717) is 11.7 Å². The molecule has 1 aromatic heterocycles. The molecule has 0 aliphatic rings. The third-order valence-corrected chi connectivity index (χ3v) is 3.40. The van der Waals surface area contributed by atoms with E-state index in [-0.39, 0.29) is 0 Å². The summed E-state index contributed by atoms with van der Waals surface area (Å²) in [6.07, 6.45) is 0. The molecular weight excluding hydrogens is 248 g/mol. The average Bonchev–Trinajstić information content (AvgIpc) is 2.66. The normalized spacial score (nSPS) is 10.7. The second-order valence-electron chi connectivity index (χ2n) is 4.38. The van der Waals surface area contributed by atoms with E-state index in [0.717, 1.165) is 22.8 Å². The largest absolute Gasteiger partial charge is 0.378 e. The van der Waals surface area contributed by atoms with Gasteiger partial charge in [-0.1, -0.05) is 11.6 Å². The lowest BCUT2D eigenvalue weighted by atomic mass is 10.2. The number of nitrogens with zero attached hydrogens (tertiary/aromatic N) is 3. The highest BCUT2D eigenvalue weighted by Gasteiger charge is 2.13. The van der Waals surface area contributed by atoms with Crippen LogP contribution < -0.4 is 10.6 Å². The highest BCUT2D eigenvalue weighted by atomic mass is 35.5. The zero-order valence-electron chi connectivity index (χ0n) is 10.8. The number of hydrogen-bond acceptors (Lipinski definition) is 3. The molecule has 0 radical (unpaired) electrons. The molecule has 18 heavy (non-hydrogen) atoms. The molecule has 0 fully saturated rings. The topological polar surface area (TPSA) is 47.1 Å². The van der Waals surface area contributed by atoms with Crippen LogP contribution in [-0.4, -0.2) is 23.6 Å². The van der Waals surface area contributed by atoms with Gasteiger partial charge in [0.25, 0.3) is 0 Å². The van der Waals surface area contributed by atoms with Crippen LogP contribution in [0.2, 0.25) is 5.15 Å². The van der Waals surface area contributed by atoms with Crippen LogP contribution >= 0.6 is 11.6 Å². The molecule has 0 bridgehead atoms. The van der Waals surface area contributed by atoms with E-state index in [4.69, 9.17) is 17.3 Å². The number of hydrogen-bond donors (Lipinski definition) is 1. The molecule has 2 N–H and O–H groups in total. The van der Waals surface area contributed by atoms with Gasteiger partial charge in [-0.2, -0.15) is 0 Å². The number of imidazole rings is 1. The fraction of sp³-hybridized carbons (Fsp3) is 0.308. The Bertz CT molecular complexity index is 543. The molecule has 96 valence electrons. The summed E-state index contributed by atoms with van der Waals surface area (Å²) in [7, 11) is 5.92. The minimum Gasteiger partial charge on any atom is -0.378 e. The zero-order valence-corrected chi connectivity index (χ0v) is 11.6. The van der Waals surface area contributed by atoms with E-state index in [1.807, 2.05) is 37.8 Å². The molecule has 2 aromatic rings. The van der Waals surface area contributed by atoms with E-state index >= 15 is 0 Å². The summed E-state index contributed by atoms with van der Waals surface area (Å²) in [4.78, 5) is 6.52. The summed E-state index contributed by atoms with van der Waals surface area (Å²) in [6.45, 7) is 0.350. The first-order valence-electron chi connectivity index (χ1n) is 5.73. The van der Waals surface area contributed by atoms with Gasteiger partial charge in [0.15, 0.2) is 0 Å². The Labute approximate surface area is 112 Å². The minimum absolute atomic E-state index is 0.350. The van der Waals surface area contributed by atoms with Gasteiger partial charge < -0.3 is 15.2 Å². The maximum Gasteiger partial charge on any atom is 0.141 e. The number of anilines is 1. The van der Waals surface area contributed by atoms with Gasteiger partial charge >= 0.3 is 0 Å². The number of rotatable bonds is 3. The Hall–Kier alpha value is -1.52. The molecule has 0 atom stereocenters. The van der Waals surface area contributed by atoms with Crippen molar-refractivity contribution < 1.29 is 0 Å². The summed E-state index contributed by atoms with van der Waals surface area (Å²) < 4.78 is 1.86. The van der Waals surface area contributed by atoms with Crippen LogP contribution in [0.4, 0.5) is 5.69 Å². The van der Waals surface area contributed by atoms with Gasteiger partial charge in [-0.3, -0.25) is 0 Å². The summed E-state index contributed by atoms with van der Waals surface area (Å²) in [5, 5.41) is 0.601. The van der Waals surface area contributed by atoms with E-state index in [2.05, 4.69) is 22.0 Å². The standard InChI is InChI=1S/C13H17ClN4/c1-17(2)10-6-4-9(5-7-10)13-16-11(8-15)12(14)18(13)3/h4-7H,8,15H2,1-3H3. The van der Waals surface area contributed by atoms with Crippen molar-refractivity contribution in [3.63, 3.8) is 0 Å². The predicted octanol–water partition coefficient (Wildman–Crippen LogP) is 2.27. The Morgan fingerprint density at radius 1 is 1.28 bits per heavy atom. The number of aromatic nitrogens is 2. The SMILES string of the molecule is CN(C)c1ccc(-c2nc(CN)c(Cl)n2C)cc1. The van der Waals surface area contributed by atoms with Gasteiger partial charge in [0.2, 0.25) is 0 Å². The highest BCUT2D eigenvalue weighted by molar-refractivity contribution is 6.30. The van der Waals surface area contributed by atoms with Gasteiger partial charge in [-0.15, -0.1) is 0 Å². The van der Waals surface area contributed by atoms with Gasteiger partial charge in [0.05, 0.1) is 5.69 Å². The Morgan fingerprint density at radius 2 is 1.89 bits per heavy atom. The van der Waals surface area contributed by atoms with Crippen molar-refractivity contribution in [2.24, 2.45) is 12.8 Å². The van der Waals surface area contributed by atoms with E-state index in [1.54, 1.807) is 0 Å². The molecule has 0 saturated carbocycles. The molecule has 5 heteroatoms. The fourth-order valence-corrected chi connectivity index (χ4v) is 2.03. The second kappa shape index (κ2) is 5.00. The average molecular weight is 265 g/mol. The molecule has 0 unspecified atom stereocenters. The lowest BCUT2D eigenvalue weighted by Gasteiger charge is -2.12. The van der Waals surface area contributed by atoms with Crippen molar-refractivity contribution in [3.05, 3.63) is 35.1 Å². The van der Waals surface area contributed by atoms with Crippen molar-refractivity contribution in [2.45, 2.75) is 6.54 Å². The number of benzene rings is 1. The molecule has 0 amide bonds. The van der Waals surface area contributed by atoms with Crippen molar-refractivity contribution in [1.29, 1.82) is 0 Å². The lowest BCUT2D eigenvalue weighted by molar-refractivity contribution is 0.922. The van der Waals surface area contributed by atoms with Crippen LogP contribution in [-0.2, 0) is 13.6 Å². The Morgan fingerprint density at radius 3 is 2.33 bits per heavy atom. The first-order valence-corrected chi connectivity index (χ1v) is 6.11. The van der Waals surface area contributed by atoms with Crippen molar-refractivity contribution >= 4 is 17.3 Å². The van der Waals surface area contributed by atoms with Crippen molar-refractivity contribution in [2.75, 3.05) is 19.0 Å². The third-order valence-electron chi connectivity index (χ3n) is 2.93. The number of nitrogens with two attached hydrogens (primary N) is 1. The maximum absolute atomic E-state index is 6.16. The Balaban J connectivity index is 2.42. The van der Waals surface area contributed by atoms with E-state index in [9.17, 15) is 0 Å². The van der Waals surface area contributed by atoms with Gasteiger partial charge in [0, 0.05) is 38.9 Å². The van der Waals surface area contributed by atoms with Gasteiger partial charge in [-0.05, 0) is 24.3 Å². The maximum atomic E-state index is 6.16. The van der Waals surface area contributed by atoms with Crippen molar-refractivity contribution in [1.82, 2.24) is 9.55 Å². The molecule has 4 nitrogen and oxygen atoms in total. The lowest BCUT2D eigenvalue weighted by Crippen LogP contribution is -2.08. The Kier molecular flexibility index (Phi) is 3.59. The van der Waals surface area contributed by atoms with E-state index in [1.165, 1.54) is 0 Å². The van der Waals surface area contributed by atoms with Gasteiger partial charge in [-0.25, -0.2) is 4.98 Å².